The van der Waals surface area contributed by atoms with Crippen LogP contribution >= 0.6 is 0 Å². The predicted octanol–water partition coefficient (Wildman–Crippen LogP) is 1.29. The molecular formula is C12H21N3O. The van der Waals surface area contributed by atoms with Gasteiger partial charge in [0.05, 0.1) is 6.26 Å². The zero-order valence-electron chi connectivity index (χ0n) is 9.65. The van der Waals surface area contributed by atoms with Crippen LogP contribution < -0.4 is 5.32 Å². The number of hydrogen-bond donors (Lipinski definition) is 3. The van der Waals surface area contributed by atoms with Gasteiger partial charge in [0.2, 0.25) is 0 Å². The summed E-state index contributed by atoms with van der Waals surface area (Å²) >= 11 is 0. The van der Waals surface area contributed by atoms with Gasteiger partial charge in [-0.15, -0.1) is 0 Å². The summed E-state index contributed by atoms with van der Waals surface area (Å²) in [7, 11) is 0. The molecule has 1 saturated heterocycles. The molecule has 0 spiro atoms. The minimum Gasteiger partial charge on any atom is -0.516 e. The third-order valence-corrected chi connectivity index (χ3v) is 3.42. The van der Waals surface area contributed by atoms with Crippen molar-refractivity contribution in [3.63, 3.8) is 0 Å². The van der Waals surface area contributed by atoms with Crippen molar-refractivity contribution in [2.75, 3.05) is 19.6 Å². The molecular weight excluding hydrogens is 202 g/mol. The van der Waals surface area contributed by atoms with Crippen molar-refractivity contribution in [3.05, 3.63) is 12.3 Å². The molecule has 3 N–H and O–H groups in total. The minimum atomic E-state index is 0.507. The molecule has 0 unspecified atom stereocenters. The summed E-state index contributed by atoms with van der Waals surface area (Å²) in [5.74, 6) is 0. The summed E-state index contributed by atoms with van der Waals surface area (Å²) in [6.45, 7) is 2.88. The highest BCUT2D eigenvalue weighted by atomic mass is 16.2. The quantitative estimate of drug-likeness (QED) is 0.486. The van der Waals surface area contributed by atoms with Crippen molar-refractivity contribution >= 4 is 5.71 Å². The SMILES string of the molecule is N=C(/C=C\O)CN(C1CCNCC1)C1CC1. The Kier molecular flexibility index (Phi) is 3.96. The molecule has 1 saturated carbocycles. The Morgan fingerprint density at radius 3 is 2.44 bits per heavy atom. The molecule has 0 aromatic rings. The lowest BCUT2D eigenvalue weighted by molar-refractivity contribution is 0.175. The fourth-order valence-corrected chi connectivity index (χ4v) is 2.44. The van der Waals surface area contributed by atoms with Crippen LogP contribution in [0.1, 0.15) is 25.7 Å². The maximum Gasteiger partial charge on any atom is 0.0810 e. The van der Waals surface area contributed by atoms with Crippen LogP contribution in [0.25, 0.3) is 0 Å². The second-order valence-electron chi connectivity index (χ2n) is 4.73. The van der Waals surface area contributed by atoms with Gasteiger partial charge in [-0.2, -0.15) is 0 Å². The normalized spacial score (nSPS) is 23.1. The smallest absolute Gasteiger partial charge is 0.0810 e. The van der Waals surface area contributed by atoms with E-state index in [-0.39, 0.29) is 0 Å². The predicted molar refractivity (Wildman–Crippen MR) is 65.1 cm³/mol. The molecule has 0 aromatic heterocycles. The Hall–Kier alpha value is -0.870. The third kappa shape index (κ3) is 3.06. The Balaban J connectivity index is 1.90. The zero-order valence-corrected chi connectivity index (χ0v) is 9.65. The van der Waals surface area contributed by atoms with Crippen LogP contribution in [0.2, 0.25) is 0 Å². The summed E-state index contributed by atoms with van der Waals surface area (Å²) in [4.78, 5) is 2.46. The van der Waals surface area contributed by atoms with E-state index in [1.54, 1.807) is 0 Å². The van der Waals surface area contributed by atoms with Crippen LogP contribution in [0, 0.1) is 5.41 Å². The molecule has 2 rings (SSSR count). The number of hydrogen-bond acceptors (Lipinski definition) is 4. The molecule has 1 heterocycles. The van der Waals surface area contributed by atoms with Gasteiger partial charge in [0.25, 0.3) is 0 Å². The van der Waals surface area contributed by atoms with Gasteiger partial charge < -0.3 is 15.8 Å². The maximum atomic E-state index is 8.66. The van der Waals surface area contributed by atoms with Crippen LogP contribution in [-0.2, 0) is 0 Å². The second kappa shape index (κ2) is 5.46. The Morgan fingerprint density at radius 1 is 1.25 bits per heavy atom. The third-order valence-electron chi connectivity index (χ3n) is 3.42. The lowest BCUT2D eigenvalue weighted by Crippen LogP contribution is -2.46. The molecule has 1 aliphatic heterocycles. The van der Waals surface area contributed by atoms with Crippen molar-refractivity contribution in [2.24, 2.45) is 0 Å². The van der Waals surface area contributed by atoms with Gasteiger partial charge >= 0.3 is 0 Å². The lowest BCUT2D eigenvalue weighted by Gasteiger charge is -2.34. The standard InChI is InChI=1S/C12H21N3O/c13-10(5-8-16)9-15(11-1-2-11)12-3-6-14-7-4-12/h5,8,11-14,16H,1-4,6-7,9H2/b8-5-,13-10?. The summed E-state index contributed by atoms with van der Waals surface area (Å²) in [6.07, 6.45) is 7.38. The number of aliphatic hydroxyl groups excluding tert-OH is 1. The number of piperidine rings is 1. The molecule has 2 fully saturated rings. The van der Waals surface area contributed by atoms with E-state index in [0.29, 0.717) is 24.3 Å². The molecule has 4 heteroatoms. The van der Waals surface area contributed by atoms with Gasteiger partial charge in [-0.25, -0.2) is 0 Å². The number of nitrogens with zero attached hydrogens (tertiary/aromatic N) is 1. The van der Waals surface area contributed by atoms with Gasteiger partial charge in [-0.05, 0) is 44.8 Å². The van der Waals surface area contributed by atoms with E-state index in [4.69, 9.17) is 10.5 Å². The highest BCUT2D eigenvalue weighted by Crippen LogP contribution is 2.30. The fourth-order valence-electron chi connectivity index (χ4n) is 2.44. The van der Waals surface area contributed by atoms with Gasteiger partial charge in [-0.3, -0.25) is 4.90 Å². The largest absolute Gasteiger partial charge is 0.516 e. The summed E-state index contributed by atoms with van der Waals surface area (Å²) in [5, 5.41) is 19.8. The van der Waals surface area contributed by atoms with Crippen LogP contribution in [-0.4, -0.2) is 47.4 Å². The molecule has 4 nitrogen and oxygen atoms in total. The highest BCUT2D eigenvalue weighted by Gasteiger charge is 2.34. The average molecular weight is 223 g/mol. The summed E-state index contributed by atoms with van der Waals surface area (Å²) in [5.41, 5.74) is 0.507. The van der Waals surface area contributed by atoms with Crippen LogP contribution in [0.4, 0.5) is 0 Å². The molecule has 2 aliphatic rings. The molecule has 90 valence electrons. The van der Waals surface area contributed by atoms with Crippen molar-refractivity contribution in [1.82, 2.24) is 10.2 Å². The summed E-state index contributed by atoms with van der Waals surface area (Å²) in [6, 6.07) is 1.32. The molecule has 0 radical (unpaired) electrons. The number of nitrogens with one attached hydrogen (secondary N) is 2. The van der Waals surface area contributed by atoms with E-state index >= 15 is 0 Å². The Bertz CT molecular complexity index is 267. The lowest BCUT2D eigenvalue weighted by atomic mass is 10.0. The first-order chi connectivity index (χ1) is 7.81. The van der Waals surface area contributed by atoms with Gasteiger partial charge in [-0.1, -0.05) is 0 Å². The van der Waals surface area contributed by atoms with Crippen molar-refractivity contribution in [2.45, 2.75) is 37.8 Å². The van der Waals surface area contributed by atoms with Crippen LogP contribution in [0.15, 0.2) is 12.3 Å². The van der Waals surface area contributed by atoms with Crippen LogP contribution in [0.5, 0.6) is 0 Å². The molecule has 0 aromatic carbocycles. The first-order valence-corrected chi connectivity index (χ1v) is 6.16. The van der Waals surface area contributed by atoms with Crippen LogP contribution in [0.3, 0.4) is 0 Å². The highest BCUT2D eigenvalue weighted by molar-refractivity contribution is 5.93. The second-order valence-corrected chi connectivity index (χ2v) is 4.73. The van der Waals surface area contributed by atoms with E-state index in [9.17, 15) is 0 Å². The van der Waals surface area contributed by atoms with E-state index in [1.165, 1.54) is 31.8 Å². The Morgan fingerprint density at radius 2 is 1.88 bits per heavy atom. The first kappa shape index (κ1) is 11.6. The molecule has 1 aliphatic carbocycles. The molecule has 16 heavy (non-hydrogen) atoms. The minimum absolute atomic E-state index is 0.507. The van der Waals surface area contributed by atoms with Crippen molar-refractivity contribution in [3.8, 4) is 0 Å². The van der Waals surface area contributed by atoms with Crippen molar-refractivity contribution < 1.29 is 5.11 Å². The fraction of sp³-hybridized carbons (Fsp3) is 0.750. The summed E-state index contributed by atoms with van der Waals surface area (Å²) < 4.78 is 0. The average Bonchev–Trinajstić information content (AvgIpc) is 3.11. The molecule has 0 amide bonds. The Labute approximate surface area is 96.8 Å². The zero-order chi connectivity index (χ0) is 11.4. The van der Waals surface area contributed by atoms with E-state index in [2.05, 4.69) is 10.2 Å². The van der Waals surface area contributed by atoms with E-state index < -0.39 is 0 Å². The van der Waals surface area contributed by atoms with E-state index in [0.717, 1.165) is 19.4 Å². The van der Waals surface area contributed by atoms with Gasteiger partial charge in [0.15, 0.2) is 0 Å². The topological polar surface area (TPSA) is 59.4 Å². The first-order valence-electron chi connectivity index (χ1n) is 6.16. The monoisotopic (exact) mass is 223 g/mol. The van der Waals surface area contributed by atoms with Gasteiger partial charge in [0.1, 0.15) is 0 Å². The molecule has 0 atom stereocenters. The van der Waals surface area contributed by atoms with E-state index in [1.807, 2.05) is 0 Å². The maximum absolute atomic E-state index is 8.66. The van der Waals surface area contributed by atoms with Gasteiger partial charge in [0, 0.05) is 24.3 Å². The number of rotatable bonds is 5. The molecule has 0 bridgehead atoms. The number of aliphatic hydroxyl groups is 1. The van der Waals surface area contributed by atoms with Crippen molar-refractivity contribution in [1.29, 1.82) is 5.41 Å².